The first kappa shape index (κ1) is 14.3. The topological polar surface area (TPSA) is 37.4 Å². The molecule has 1 aromatic carbocycles. The first-order valence-corrected chi connectivity index (χ1v) is 7.35. The summed E-state index contributed by atoms with van der Waals surface area (Å²) >= 11 is 3.45. The van der Waals surface area contributed by atoms with Gasteiger partial charge < -0.3 is 4.90 Å². The zero-order chi connectivity index (χ0) is 14.0. The molecule has 1 atom stereocenters. The van der Waals surface area contributed by atoms with Crippen molar-refractivity contribution >= 4 is 27.6 Å². The fourth-order valence-corrected chi connectivity index (χ4v) is 2.92. The number of rotatable bonds is 3. The average Bonchev–Trinajstić information content (AvgIpc) is 2.79. The first-order chi connectivity index (χ1) is 8.99. The maximum atomic E-state index is 12.5. The Labute approximate surface area is 122 Å². The van der Waals surface area contributed by atoms with Gasteiger partial charge in [0.2, 0.25) is 0 Å². The molecule has 1 aliphatic rings. The Bertz CT molecular complexity index is 513. The lowest BCUT2D eigenvalue weighted by molar-refractivity contribution is -0.117. The Morgan fingerprint density at radius 2 is 2.16 bits per heavy atom. The number of Topliss-reactive ketones (excluding diaryl/α,β-unsaturated/α-hetero) is 1. The molecule has 1 amide bonds. The van der Waals surface area contributed by atoms with Crippen molar-refractivity contribution in [2.45, 2.75) is 39.2 Å². The number of aryl methyl sites for hydroxylation is 1. The summed E-state index contributed by atoms with van der Waals surface area (Å²) in [7, 11) is 0. The Morgan fingerprint density at radius 3 is 2.79 bits per heavy atom. The molecule has 0 aliphatic carbocycles. The second-order valence-corrected chi connectivity index (χ2v) is 6.02. The van der Waals surface area contributed by atoms with Crippen LogP contribution in [-0.2, 0) is 4.79 Å². The van der Waals surface area contributed by atoms with E-state index in [1.54, 1.807) is 6.92 Å². The number of carbonyl (C=O) groups is 2. The van der Waals surface area contributed by atoms with Crippen LogP contribution in [-0.4, -0.2) is 29.2 Å². The fourth-order valence-electron chi connectivity index (χ4n) is 2.54. The molecule has 0 bridgehead atoms. The average molecular weight is 324 g/mol. The molecule has 102 valence electrons. The molecule has 1 unspecified atom stereocenters. The summed E-state index contributed by atoms with van der Waals surface area (Å²) in [5.74, 6) is 0.180. The van der Waals surface area contributed by atoms with E-state index in [4.69, 9.17) is 0 Å². The van der Waals surface area contributed by atoms with Crippen molar-refractivity contribution in [1.82, 2.24) is 4.90 Å². The van der Waals surface area contributed by atoms with E-state index in [1.165, 1.54) is 0 Å². The molecule has 0 radical (unpaired) electrons. The molecule has 4 heteroatoms. The van der Waals surface area contributed by atoms with Crippen LogP contribution in [0.25, 0.3) is 0 Å². The van der Waals surface area contributed by atoms with Crippen molar-refractivity contribution in [3.05, 3.63) is 33.8 Å². The van der Waals surface area contributed by atoms with E-state index >= 15 is 0 Å². The number of amides is 1. The summed E-state index contributed by atoms with van der Waals surface area (Å²) in [6, 6.07) is 5.73. The predicted molar refractivity (Wildman–Crippen MR) is 78.2 cm³/mol. The highest BCUT2D eigenvalue weighted by Gasteiger charge is 2.30. The summed E-state index contributed by atoms with van der Waals surface area (Å²) in [6.45, 7) is 4.33. The molecule has 0 aromatic heterocycles. The molecular formula is C15H18BrNO2. The zero-order valence-corrected chi connectivity index (χ0v) is 12.9. The second kappa shape index (κ2) is 5.87. The highest BCUT2D eigenvalue weighted by atomic mass is 79.9. The number of hydrogen-bond acceptors (Lipinski definition) is 2. The van der Waals surface area contributed by atoms with Gasteiger partial charge >= 0.3 is 0 Å². The summed E-state index contributed by atoms with van der Waals surface area (Å²) in [5.41, 5.74) is 1.80. The molecule has 3 nitrogen and oxygen atoms in total. The summed E-state index contributed by atoms with van der Waals surface area (Å²) in [6.07, 6.45) is 2.38. The quantitative estimate of drug-likeness (QED) is 0.855. The minimum atomic E-state index is 0.0319. The monoisotopic (exact) mass is 323 g/mol. The number of halogens is 1. The Kier molecular flexibility index (Phi) is 4.40. The molecule has 1 heterocycles. The van der Waals surface area contributed by atoms with Gasteiger partial charge in [0, 0.05) is 29.0 Å². The van der Waals surface area contributed by atoms with Crippen LogP contribution < -0.4 is 0 Å². The van der Waals surface area contributed by atoms with Gasteiger partial charge in [-0.15, -0.1) is 0 Å². The Morgan fingerprint density at radius 1 is 1.42 bits per heavy atom. The predicted octanol–water partition coefficient (Wildman–Crippen LogP) is 3.34. The van der Waals surface area contributed by atoms with E-state index in [1.807, 2.05) is 30.0 Å². The smallest absolute Gasteiger partial charge is 0.254 e. The Hall–Kier alpha value is -1.16. The summed E-state index contributed by atoms with van der Waals surface area (Å²) in [5, 5.41) is 0. The van der Waals surface area contributed by atoms with E-state index in [0.29, 0.717) is 12.0 Å². The molecule has 0 spiro atoms. The standard InChI is InChI=1S/C15H18BrNO2/c1-10-5-6-12(9-14(10)16)15(19)17-7-3-4-13(17)8-11(2)18/h5-6,9,13H,3-4,7-8H2,1-2H3. The summed E-state index contributed by atoms with van der Waals surface area (Å²) in [4.78, 5) is 25.6. The van der Waals surface area contributed by atoms with Crippen LogP contribution in [0.4, 0.5) is 0 Å². The van der Waals surface area contributed by atoms with E-state index < -0.39 is 0 Å². The molecule has 1 aromatic rings. The van der Waals surface area contributed by atoms with Crippen molar-refractivity contribution < 1.29 is 9.59 Å². The van der Waals surface area contributed by atoms with Crippen LogP contribution in [0.15, 0.2) is 22.7 Å². The number of benzene rings is 1. The maximum absolute atomic E-state index is 12.5. The minimum Gasteiger partial charge on any atom is -0.335 e. The fraction of sp³-hybridized carbons (Fsp3) is 0.467. The number of likely N-dealkylation sites (tertiary alicyclic amines) is 1. The second-order valence-electron chi connectivity index (χ2n) is 5.16. The van der Waals surface area contributed by atoms with Gasteiger partial charge in [0.05, 0.1) is 0 Å². The molecule has 19 heavy (non-hydrogen) atoms. The third-order valence-corrected chi connectivity index (χ3v) is 4.43. The van der Waals surface area contributed by atoms with Crippen molar-refractivity contribution in [2.24, 2.45) is 0 Å². The lowest BCUT2D eigenvalue weighted by Crippen LogP contribution is -2.36. The molecule has 0 saturated carbocycles. The van der Waals surface area contributed by atoms with Crippen LogP contribution in [0.3, 0.4) is 0 Å². The van der Waals surface area contributed by atoms with Crippen LogP contribution in [0.5, 0.6) is 0 Å². The van der Waals surface area contributed by atoms with Crippen LogP contribution >= 0.6 is 15.9 Å². The van der Waals surface area contributed by atoms with E-state index in [2.05, 4.69) is 15.9 Å². The van der Waals surface area contributed by atoms with Crippen molar-refractivity contribution in [3.8, 4) is 0 Å². The van der Waals surface area contributed by atoms with Crippen molar-refractivity contribution in [2.75, 3.05) is 6.54 Å². The molecule has 0 N–H and O–H groups in total. The number of hydrogen-bond donors (Lipinski definition) is 0. The lowest BCUT2D eigenvalue weighted by Gasteiger charge is -2.24. The Balaban J connectivity index is 2.18. The van der Waals surface area contributed by atoms with Crippen LogP contribution in [0.1, 0.15) is 42.1 Å². The molecule has 1 fully saturated rings. The third kappa shape index (κ3) is 3.24. The van der Waals surface area contributed by atoms with Gasteiger partial charge in [-0.2, -0.15) is 0 Å². The molecule has 2 rings (SSSR count). The normalized spacial score (nSPS) is 18.7. The highest BCUT2D eigenvalue weighted by Crippen LogP contribution is 2.24. The van der Waals surface area contributed by atoms with E-state index in [0.717, 1.165) is 29.4 Å². The van der Waals surface area contributed by atoms with Gasteiger partial charge in [-0.25, -0.2) is 0 Å². The van der Waals surface area contributed by atoms with Crippen molar-refractivity contribution in [1.29, 1.82) is 0 Å². The van der Waals surface area contributed by atoms with Gasteiger partial charge in [0.25, 0.3) is 5.91 Å². The first-order valence-electron chi connectivity index (χ1n) is 6.55. The van der Waals surface area contributed by atoms with Crippen LogP contribution in [0.2, 0.25) is 0 Å². The van der Waals surface area contributed by atoms with Crippen molar-refractivity contribution in [3.63, 3.8) is 0 Å². The molecule has 1 saturated heterocycles. The third-order valence-electron chi connectivity index (χ3n) is 3.58. The highest BCUT2D eigenvalue weighted by molar-refractivity contribution is 9.10. The molecule has 1 aliphatic heterocycles. The maximum Gasteiger partial charge on any atom is 0.254 e. The number of nitrogens with zero attached hydrogens (tertiary/aromatic N) is 1. The van der Waals surface area contributed by atoms with Gasteiger partial charge in [0.15, 0.2) is 0 Å². The minimum absolute atomic E-state index is 0.0319. The lowest BCUT2D eigenvalue weighted by atomic mass is 10.1. The van der Waals surface area contributed by atoms with E-state index in [-0.39, 0.29) is 17.7 Å². The number of ketones is 1. The largest absolute Gasteiger partial charge is 0.335 e. The van der Waals surface area contributed by atoms with Gasteiger partial charge in [-0.1, -0.05) is 22.0 Å². The van der Waals surface area contributed by atoms with Gasteiger partial charge in [-0.3, -0.25) is 9.59 Å². The SMILES string of the molecule is CC(=O)CC1CCCN1C(=O)c1ccc(C)c(Br)c1. The molecular weight excluding hydrogens is 306 g/mol. The van der Waals surface area contributed by atoms with Crippen LogP contribution in [0, 0.1) is 6.92 Å². The van der Waals surface area contributed by atoms with E-state index in [9.17, 15) is 9.59 Å². The number of carbonyl (C=O) groups excluding carboxylic acids is 2. The zero-order valence-electron chi connectivity index (χ0n) is 11.3. The summed E-state index contributed by atoms with van der Waals surface area (Å²) < 4.78 is 0.945. The van der Waals surface area contributed by atoms with Gasteiger partial charge in [-0.05, 0) is 44.4 Å². The van der Waals surface area contributed by atoms with Gasteiger partial charge in [0.1, 0.15) is 5.78 Å².